The number of carbonyl (C=O) groups excluding carboxylic acids is 1. The van der Waals surface area contributed by atoms with E-state index in [0.717, 1.165) is 43.5 Å². The molecule has 2 atom stereocenters. The molecule has 2 aliphatic rings. The van der Waals surface area contributed by atoms with Gasteiger partial charge in [0.1, 0.15) is 5.69 Å². The highest BCUT2D eigenvalue weighted by Crippen LogP contribution is 2.22. The fraction of sp³-hybridized carbons (Fsp3) is 0.550. The zero-order valence-corrected chi connectivity index (χ0v) is 15.4. The zero-order valence-electron chi connectivity index (χ0n) is 15.4. The molecular formula is C20H28N4O2. The van der Waals surface area contributed by atoms with Crippen molar-refractivity contribution in [1.82, 2.24) is 19.7 Å². The van der Waals surface area contributed by atoms with Crippen LogP contribution in [0.2, 0.25) is 0 Å². The minimum atomic E-state index is -0.362. The Kier molecular flexibility index (Phi) is 4.98. The van der Waals surface area contributed by atoms with E-state index in [1.54, 1.807) is 0 Å². The summed E-state index contributed by atoms with van der Waals surface area (Å²) < 4.78 is 0. The van der Waals surface area contributed by atoms with Crippen molar-refractivity contribution in [2.45, 2.75) is 25.0 Å². The van der Waals surface area contributed by atoms with Crippen LogP contribution in [0, 0.1) is 0 Å². The van der Waals surface area contributed by atoms with Gasteiger partial charge in [0, 0.05) is 56.2 Å². The van der Waals surface area contributed by atoms with Gasteiger partial charge in [0.25, 0.3) is 5.91 Å². The van der Waals surface area contributed by atoms with E-state index in [1.165, 1.54) is 0 Å². The number of fused-ring (bicyclic) bond motifs is 1. The van der Waals surface area contributed by atoms with Crippen LogP contribution in [0.1, 0.15) is 23.3 Å². The summed E-state index contributed by atoms with van der Waals surface area (Å²) in [5.41, 5.74) is 1.62. The molecule has 140 valence electrons. The quantitative estimate of drug-likeness (QED) is 0.853. The average molecular weight is 356 g/mol. The summed E-state index contributed by atoms with van der Waals surface area (Å²) in [7, 11) is 2.14. The second kappa shape index (κ2) is 7.39. The SMILES string of the molecule is CN1CCN([C@H]2CCN(C(=O)c3cc4ccccc4[nH]3)CC[C@@H]2O)CC1. The highest BCUT2D eigenvalue weighted by Gasteiger charge is 2.32. The maximum Gasteiger partial charge on any atom is 0.270 e. The molecule has 1 amide bonds. The molecule has 0 unspecified atom stereocenters. The number of aliphatic hydroxyl groups excluding tert-OH is 1. The Morgan fingerprint density at radius 3 is 2.58 bits per heavy atom. The molecule has 1 aromatic heterocycles. The van der Waals surface area contributed by atoms with Gasteiger partial charge in [-0.05, 0) is 32.0 Å². The number of para-hydroxylation sites is 1. The average Bonchev–Trinajstić information content (AvgIpc) is 3.00. The number of benzene rings is 1. The topological polar surface area (TPSA) is 62.8 Å². The summed E-state index contributed by atoms with van der Waals surface area (Å²) in [6, 6.07) is 10.0. The number of piperazine rings is 1. The first-order valence-electron chi connectivity index (χ1n) is 9.59. The predicted molar refractivity (Wildman–Crippen MR) is 102 cm³/mol. The molecule has 0 radical (unpaired) electrons. The number of aliphatic hydroxyl groups is 1. The number of aromatic nitrogens is 1. The minimum absolute atomic E-state index is 0.0347. The molecule has 2 saturated heterocycles. The van der Waals surface area contributed by atoms with Crippen LogP contribution in [0.4, 0.5) is 0 Å². The van der Waals surface area contributed by atoms with Crippen LogP contribution < -0.4 is 0 Å². The third-order valence-corrected chi connectivity index (χ3v) is 5.89. The fourth-order valence-corrected chi connectivity index (χ4v) is 4.21. The summed E-state index contributed by atoms with van der Waals surface area (Å²) in [4.78, 5) is 22.8. The van der Waals surface area contributed by atoms with Crippen molar-refractivity contribution in [3.05, 3.63) is 36.0 Å². The van der Waals surface area contributed by atoms with Crippen molar-refractivity contribution >= 4 is 16.8 Å². The number of likely N-dealkylation sites (tertiary alicyclic amines) is 1. The number of likely N-dealkylation sites (N-methyl/N-ethyl adjacent to an activating group) is 1. The second-order valence-corrected chi connectivity index (χ2v) is 7.61. The Morgan fingerprint density at radius 2 is 1.81 bits per heavy atom. The van der Waals surface area contributed by atoms with Gasteiger partial charge in [-0.1, -0.05) is 18.2 Å². The van der Waals surface area contributed by atoms with Crippen LogP contribution in [0.15, 0.2) is 30.3 Å². The van der Waals surface area contributed by atoms with E-state index in [2.05, 4.69) is 21.8 Å². The number of nitrogens with one attached hydrogen (secondary N) is 1. The van der Waals surface area contributed by atoms with Gasteiger partial charge in [0.15, 0.2) is 0 Å². The molecule has 1 aromatic carbocycles. The third-order valence-electron chi connectivity index (χ3n) is 5.89. The van der Waals surface area contributed by atoms with Crippen molar-refractivity contribution < 1.29 is 9.90 Å². The first kappa shape index (κ1) is 17.5. The molecule has 6 nitrogen and oxygen atoms in total. The molecule has 2 fully saturated rings. The lowest BCUT2D eigenvalue weighted by atomic mass is 10.0. The zero-order chi connectivity index (χ0) is 18.1. The molecule has 6 heteroatoms. The van der Waals surface area contributed by atoms with Gasteiger partial charge in [-0.3, -0.25) is 9.69 Å². The van der Waals surface area contributed by atoms with Crippen molar-refractivity contribution in [2.24, 2.45) is 0 Å². The number of aromatic amines is 1. The molecule has 0 bridgehead atoms. The number of nitrogens with zero attached hydrogens (tertiary/aromatic N) is 3. The standard InChI is InChI=1S/C20H28N4O2/c1-22-10-12-23(13-11-22)18-6-8-24(9-7-19(18)25)20(26)17-14-15-4-2-3-5-16(15)21-17/h2-5,14,18-19,21,25H,6-13H2,1H3/t18-,19-/m0/s1. The van der Waals surface area contributed by atoms with Crippen LogP contribution in [0.5, 0.6) is 0 Å². The first-order chi connectivity index (χ1) is 12.6. The maximum atomic E-state index is 12.9. The molecule has 3 heterocycles. The number of rotatable bonds is 2. The predicted octanol–water partition coefficient (Wildman–Crippen LogP) is 1.38. The van der Waals surface area contributed by atoms with E-state index >= 15 is 0 Å². The first-order valence-corrected chi connectivity index (χ1v) is 9.59. The molecule has 2 aromatic rings. The van der Waals surface area contributed by atoms with Crippen LogP contribution in [0.25, 0.3) is 10.9 Å². The number of H-pyrrole nitrogens is 1. The largest absolute Gasteiger partial charge is 0.391 e. The maximum absolute atomic E-state index is 12.9. The van der Waals surface area contributed by atoms with Crippen LogP contribution in [0.3, 0.4) is 0 Å². The van der Waals surface area contributed by atoms with Crippen LogP contribution >= 0.6 is 0 Å². The molecule has 2 N–H and O–H groups in total. The van der Waals surface area contributed by atoms with E-state index in [-0.39, 0.29) is 18.1 Å². The van der Waals surface area contributed by atoms with Gasteiger partial charge in [-0.2, -0.15) is 0 Å². The summed E-state index contributed by atoms with van der Waals surface area (Å²) in [6.45, 7) is 5.38. The lowest BCUT2D eigenvalue weighted by Gasteiger charge is -2.39. The summed E-state index contributed by atoms with van der Waals surface area (Å²) in [5, 5.41) is 11.7. The molecule has 26 heavy (non-hydrogen) atoms. The van der Waals surface area contributed by atoms with E-state index in [1.807, 2.05) is 35.2 Å². The fourth-order valence-electron chi connectivity index (χ4n) is 4.21. The van der Waals surface area contributed by atoms with Gasteiger partial charge >= 0.3 is 0 Å². The summed E-state index contributed by atoms with van der Waals surface area (Å²) >= 11 is 0. The number of carbonyl (C=O) groups is 1. The summed E-state index contributed by atoms with van der Waals surface area (Å²) in [6.07, 6.45) is 1.11. The smallest absolute Gasteiger partial charge is 0.270 e. The summed E-state index contributed by atoms with van der Waals surface area (Å²) in [5.74, 6) is 0.0347. The van der Waals surface area contributed by atoms with Gasteiger partial charge < -0.3 is 19.9 Å². The Hall–Kier alpha value is -1.89. The second-order valence-electron chi connectivity index (χ2n) is 7.61. The Bertz CT molecular complexity index is 733. The molecular weight excluding hydrogens is 328 g/mol. The lowest BCUT2D eigenvalue weighted by molar-refractivity contribution is 0.0224. The molecule has 4 rings (SSSR count). The highest BCUT2D eigenvalue weighted by molar-refractivity contribution is 5.98. The van der Waals surface area contributed by atoms with Crippen molar-refractivity contribution in [3.8, 4) is 0 Å². The Morgan fingerprint density at radius 1 is 1.08 bits per heavy atom. The third kappa shape index (κ3) is 3.49. The Labute approximate surface area is 154 Å². The lowest BCUT2D eigenvalue weighted by Crippen LogP contribution is -2.52. The Balaban J connectivity index is 1.44. The van der Waals surface area contributed by atoms with E-state index in [4.69, 9.17) is 0 Å². The minimum Gasteiger partial charge on any atom is -0.391 e. The van der Waals surface area contributed by atoms with Crippen molar-refractivity contribution in [1.29, 1.82) is 0 Å². The van der Waals surface area contributed by atoms with Gasteiger partial charge in [-0.25, -0.2) is 0 Å². The van der Waals surface area contributed by atoms with Crippen molar-refractivity contribution in [3.63, 3.8) is 0 Å². The van der Waals surface area contributed by atoms with E-state index < -0.39 is 0 Å². The highest BCUT2D eigenvalue weighted by atomic mass is 16.3. The molecule has 2 aliphatic heterocycles. The normalized spacial score (nSPS) is 26.2. The van der Waals surface area contributed by atoms with Crippen LogP contribution in [-0.2, 0) is 0 Å². The van der Waals surface area contributed by atoms with Gasteiger partial charge in [0.2, 0.25) is 0 Å². The van der Waals surface area contributed by atoms with Gasteiger partial charge in [0.05, 0.1) is 6.10 Å². The van der Waals surface area contributed by atoms with Crippen LogP contribution in [-0.4, -0.2) is 89.2 Å². The molecule has 0 spiro atoms. The van der Waals surface area contributed by atoms with E-state index in [0.29, 0.717) is 25.2 Å². The molecule has 0 aliphatic carbocycles. The number of hydrogen-bond donors (Lipinski definition) is 2. The molecule has 0 saturated carbocycles. The number of amides is 1. The number of hydrogen-bond acceptors (Lipinski definition) is 4. The van der Waals surface area contributed by atoms with Crippen molar-refractivity contribution in [2.75, 3.05) is 46.3 Å². The van der Waals surface area contributed by atoms with E-state index in [9.17, 15) is 9.90 Å². The van der Waals surface area contributed by atoms with Gasteiger partial charge in [-0.15, -0.1) is 0 Å². The monoisotopic (exact) mass is 356 g/mol.